The van der Waals surface area contributed by atoms with Crippen LogP contribution in [0.1, 0.15) is 11.4 Å². The van der Waals surface area contributed by atoms with E-state index < -0.39 is 0 Å². The van der Waals surface area contributed by atoms with Crippen LogP contribution in [0.15, 0.2) is 40.9 Å². The Morgan fingerprint density at radius 3 is 2.82 bits per heavy atom. The maximum Gasteiger partial charge on any atom is 0.0597 e. The van der Waals surface area contributed by atoms with E-state index in [2.05, 4.69) is 61.0 Å². The van der Waals surface area contributed by atoms with Crippen LogP contribution in [0.25, 0.3) is 0 Å². The Kier molecular flexibility index (Phi) is 4.39. The van der Waals surface area contributed by atoms with Gasteiger partial charge in [-0.2, -0.15) is 0 Å². The highest BCUT2D eigenvalue weighted by Crippen LogP contribution is 2.22. The number of nitrogens with one attached hydrogen (secondary N) is 1. The zero-order chi connectivity index (χ0) is 12.3. The van der Waals surface area contributed by atoms with E-state index in [-0.39, 0.29) is 0 Å². The van der Waals surface area contributed by atoms with E-state index >= 15 is 0 Å². The van der Waals surface area contributed by atoms with E-state index in [0.717, 1.165) is 28.1 Å². The van der Waals surface area contributed by atoms with Crippen LogP contribution in [0.3, 0.4) is 0 Å². The molecular formula is C13H12BrIN2. The number of aryl methyl sites for hydroxylation is 1. The van der Waals surface area contributed by atoms with Gasteiger partial charge in [0, 0.05) is 19.4 Å². The maximum absolute atomic E-state index is 4.45. The Morgan fingerprint density at radius 2 is 2.12 bits per heavy atom. The molecule has 0 saturated carbocycles. The topological polar surface area (TPSA) is 24.9 Å². The van der Waals surface area contributed by atoms with E-state index in [1.807, 2.05) is 31.2 Å². The number of nitrogens with zero attached hydrogens (tertiary/aromatic N) is 1. The largest absolute Gasteiger partial charge is 0.379 e. The molecule has 1 N–H and O–H groups in total. The summed E-state index contributed by atoms with van der Waals surface area (Å²) in [7, 11) is 0. The van der Waals surface area contributed by atoms with E-state index in [9.17, 15) is 0 Å². The molecule has 2 nitrogen and oxygen atoms in total. The molecule has 1 aromatic carbocycles. The van der Waals surface area contributed by atoms with Crippen molar-refractivity contribution < 1.29 is 0 Å². The van der Waals surface area contributed by atoms with Gasteiger partial charge in [0.2, 0.25) is 0 Å². The van der Waals surface area contributed by atoms with Crippen LogP contribution in [0, 0.1) is 10.5 Å². The minimum atomic E-state index is 0.749. The Labute approximate surface area is 123 Å². The van der Waals surface area contributed by atoms with E-state index in [1.165, 1.54) is 3.57 Å². The molecule has 1 aromatic heterocycles. The van der Waals surface area contributed by atoms with Crippen molar-refractivity contribution in [2.45, 2.75) is 13.5 Å². The number of hydrogen-bond acceptors (Lipinski definition) is 2. The third-order valence-electron chi connectivity index (χ3n) is 2.34. The SMILES string of the molecule is Cc1cccc(CNc2ccc(Br)c(I)c2)n1. The molecule has 0 radical (unpaired) electrons. The molecule has 2 rings (SSSR count). The summed E-state index contributed by atoms with van der Waals surface area (Å²) in [4.78, 5) is 4.45. The van der Waals surface area contributed by atoms with Crippen LogP contribution >= 0.6 is 38.5 Å². The van der Waals surface area contributed by atoms with Crippen molar-refractivity contribution in [3.8, 4) is 0 Å². The quantitative estimate of drug-likeness (QED) is 0.771. The first-order chi connectivity index (χ1) is 8.15. The molecular weight excluding hydrogens is 391 g/mol. The van der Waals surface area contributed by atoms with E-state index in [0.29, 0.717) is 0 Å². The van der Waals surface area contributed by atoms with E-state index in [1.54, 1.807) is 0 Å². The fraction of sp³-hybridized carbons (Fsp3) is 0.154. The molecule has 4 heteroatoms. The zero-order valence-electron chi connectivity index (χ0n) is 9.37. The molecule has 0 saturated heterocycles. The molecule has 0 spiro atoms. The summed E-state index contributed by atoms with van der Waals surface area (Å²) in [5, 5.41) is 3.37. The van der Waals surface area contributed by atoms with Crippen LogP contribution in [-0.2, 0) is 6.54 Å². The summed E-state index contributed by atoms with van der Waals surface area (Å²) in [6.07, 6.45) is 0. The summed E-state index contributed by atoms with van der Waals surface area (Å²) in [5.74, 6) is 0. The summed E-state index contributed by atoms with van der Waals surface area (Å²) in [6, 6.07) is 12.3. The average molecular weight is 403 g/mol. The molecule has 2 aromatic rings. The fourth-order valence-electron chi connectivity index (χ4n) is 1.50. The first kappa shape index (κ1) is 12.8. The minimum Gasteiger partial charge on any atom is -0.379 e. The van der Waals surface area contributed by atoms with Gasteiger partial charge in [0.1, 0.15) is 0 Å². The number of hydrogen-bond donors (Lipinski definition) is 1. The van der Waals surface area contributed by atoms with Crippen LogP contribution in [0.5, 0.6) is 0 Å². The Bertz CT molecular complexity index is 529. The Hall–Kier alpha value is -0.620. The fourth-order valence-corrected chi connectivity index (χ4v) is 2.26. The predicted molar refractivity (Wildman–Crippen MR) is 83.2 cm³/mol. The highest BCUT2D eigenvalue weighted by Gasteiger charge is 1.99. The number of pyridine rings is 1. The van der Waals surface area contributed by atoms with Gasteiger partial charge < -0.3 is 5.32 Å². The van der Waals surface area contributed by atoms with E-state index in [4.69, 9.17) is 0 Å². The lowest BCUT2D eigenvalue weighted by Crippen LogP contribution is -2.02. The van der Waals surface area contributed by atoms with Crippen LogP contribution in [0.2, 0.25) is 0 Å². The van der Waals surface area contributed by atoms with Gasteiger partial charge in [-0.15, -0.1) is 0 Å². The molecule has 0 bridgehead atoms. The monoisotopic (exact) mass is 402 g/mol. The van der Waals surface area contributed by atoms with Gasteiger partial charge >= 0.3 is 0 Å². The summed E-state index contributed by atoms with van der Waals surface area (Å²) >= 11 is 5.79. The normalized spacial score (nSPS) is 10.3. The minimum absolute atomic E-state index is 0.749. The lowest BCUT2D eigenvalue weighted by molar-refractivity contribution is 1.01. The van der Waals surface area contributed by atoms with Gasteiger partial charge in [-0.1, -0.05) is 6.07 Å². The third kappa shape index (κ3) is 3.67. The van der Waals surface area contributed by atoms with Gasteiger partial charge in [0.25, 0.3) is 0 Å². The zero-order valence-corrected chi connectivity index (χ0v) is 13.1. The number of aromatic nitrogens is 1. The van der Waals surface area contributed by atoms with Crippen LogP contribution in [-0.4, -0.2) is 4.98 Å². The number of rotatable bonds is 3. The smallest absolute Gasteiger partial charge is 0.0597 e. The van der Waals surface area contributed by atoms with Gasteiger partial charge in [-0.25, -0.2) is 0 Å². The summed E-state index contributed by atoms with van der Waals surface area (Å²) in [6.45, 7) is 2.76. The van der Waals surface area contributed by atoms with Gasteiger partial charge in [-0.3, -0.25) is 4.98 Å². The van der Waals surface area contributed by atoms with Crippen LogP contribution in [0.4, 0.5) is 5.69 Å². The van der Waals surface area contributed by atoms with Gasteiger partial charge in [0.05, 0.1) is 12.2 Å². The van der Waals surface area contributed by atoms with Gasteiger partial charge in [-0.05, 0) is 75.8 Å². The number of benzene rings is 1. The Morgan fingerprint density at radius 1 is 1.29 bits per heavy atom. The average Bonchev–Trinajstić information content (AvgIpc) is 2.31. The second-order valence-electron chi connectivity index (χ2n) is 3.75. The van der Waals surface area contributed by atoms with Crippen molar-refractivity contribution in [3.05, 3.63) is 55.8 Å². The number of anilines is 1. The van der Waals surface area contributed by atoms with Crippen molar-refractivity contribution in [1.82, 2.24) is 4.98 Å². The molecule has 17 heavy (non-hydrogen) atoms. The van der Waals surface area contributed by atoms with Crippen molar-refractivity contribution in [3.63, 3.8) is 0 Å². The molecule has 0 atom stereocenters. The van der Waals surface area contributed by atoms with Crippen LogP contribution < -0.4 is 5.32 Å². The molecule has 0 aliphatic carbocycles. The molecule has 0 aliphatic heterocycles. The lowest BCUT2D eigenvalue weighted by atomic mass is 10.3. The van der Waals surface area contributed by atoms with Crippen molar-refractivity contribution in [1.29, 1.82) is 0 Å². The lowest BCUT2D eigenvalue weighted by Gasteiger charge is -2.07. The second-order valence-corrected chi connectivity index (χ2v) is 5.77. The standard InChI is InChI=1S/C13H12BrIN2/c1-9-3-2-4-11(17-9)8-16-10-5-6-12(14)13(15)7-10/h2-7,16H,8H2,1H3. The highest BCUT2D eigenvalue weighted by molar-refractivity contribution is 14.1. The highest BCUT2D eigenvalue weighted by atomic mass is 127. The first-order valence-corrected chi connectivity index (χ1v) is 7.14. The maximum atomic E-state index is 4.45. The molecule has 0 aliphatic rings. The molecule has 88 valence electrons. The molecule has 0 fully saturated rings. The molecule has 0 amide bonds. The first-order valence-electron chi connectivity index (χ1n) is 5.26. The van der Waals surface area contributed by atoms with Gasteiger partial charge in [0.15, 0.2) is 0 Å². The summed E-state index contributed by atoms with van der Waals surface area (Å²) < 4.78 is 2.32. The molecule has 1 heterocycles. The number of halogens is 2. The summed E-state index contributed by atoms with van der Waals surface area (Å²) in [5.41, 5.74) is 3.22. The predicted octanol–water partition coefficient (Wildman–Crippen LogP) is 4.37. The van der Waals surface area contributed by atoms with Crippen molar-refractivity contribution in [2.24, 2.45) is 0 Å². The van der Waals surface area contributed by atoms with Crippen molar-refractivity contribution in [2.75, 3.05) is 5.32 Å². The molecule has 0 unspecified atom stereocenters. The third-order valence-corrected chi connectivity index (χ3v) is 4.66. The Balaban J connectivity index is 2.05. The second kappa shape index (κ2) is 5.82. The van der Waals surface area contributed by atoms with Crippen molar-refractivity contribution >= 4 is 44.2 Å².